The third-order valence-corrected chi connectivity index (χ3v) is 3.93. The van der Waals surface area contributed by atoms with Gasteiger partial charge in [0.2, 0.25) is 0 Å². The number of benzene rings is 3. The van der Waals surface area contributed by atoms with Crippen molar-refractivity contribution in [1.29, 1.82) is 0 Å². The van der Waals surface area contributed by atoms with Gasteiger partial charge in [0.25, 0.3) is 0 Å². The zero-order chi connectivity index (χ0) is 18.4. The first-order chi connectivity index (χ1) is 12.6. The van der Waals surface area contributed by atoms with E-state index in [2.05, 4.69) is 0 Å². The molecule has 0 aliphatic carbocycles. The summed E-state index contributed by atoms with van der Waals surface area (Å²) in [6.45, 7) is 0.361. The average molecular weight is 346 g/mol. The number of carbonyl (C=O) groups is 2. The summed E-state index contributed by atoms with van der Waals surface area (Å²) in [7, 11) is 0. The highest BCUT2D eigenvalue weighted by Crippen LogP contribution is 2.26. The van der Waals surface area contributed by atoms with Crippen molar-refractivity contribution in [1.82, 2.24) is 0 Å². The molecule has 3 rings (SSSR count). The summed E-state index contributed by atoms with van der Waals surface area (Å²) >= 11 is 0. The number of rotatable bonds is 7. The van der Waals surface area contributed by atoms with Crippen LogP contribution in [-0.2, 0) is 6.61 Å². The molecule has 0 aliphatic heterocycles. The smallest absolute Gasteiger partial charge is 0.174 e. The second kappa shape index (κ2) is 8.12. The minimum Gasteiger partial charge on any atom is -0.507 e. The van der Waals surface area contributed by atoms with Gasteiger partial charge in [0.05, 0.1) is 12.0 Å². The molecule has 0 heterocycles. The summed E-state index contributed by atoms with van der Waals surface area (Å²) in [5.41, 5.74) is 1.59. The molecule has 0 bridgehead atoms. The quantitative estimate of drug-likeness (QED) is 0.508. The van der Waals surface area contributed by atoms with E-state index in [9.17, 15) is 14.7 Å². The Morgan fingerprint density at radius 2 is 1.46 bits per heavy atom. The van der Waals surface area contributed by atoms with Gasteiger partial charge in [-0.15, -0.1) is 0 Å². The number of carbonyl (C=O) groups excluding carboxylic acids is 2. The first-order valence-corrected chi connectivity index (χ1v) is 8.24. The molecule has 130 valence electrons. The zero-order valence-corrected chi connectivity index (χ0v) is 14.1. The lowest BCUT2D eigenvalue weighted by atomic mass is 10.0. The van der Waals surface area contributed by atoms with Crippen LogP contribution in [0.15, 0.2) is 78.9 Å². The Balaban J connectivity index is 1.65. The summed E-state index contributed by atoms with van der Waals surface area (Å²) in [4.78, 5) is 24.5. The molecular weight excluding hydrogens is 328 g/mol. The van der Waals surface area contributed by atoms with E-state index in [-0.39, 0.29) is 23.5 Å². The molecule has 4 nitrogen and oxygen atoms in total. The second-order valence-corrected chi connectivity index (χ2v) is 5.84. The van der Waals surface area contributed by atoms with Crippen molar-refractivity contribution in [3.63, 3.8) is 0 Å². The first-order valence-electron chi connectivity index (χ1n) is 8.24. The van der Waals surface area contributed by atoms with Crippen molar-refractivity contribution >= 4 is 11.6 Å². The lowest BCUT2D eigenvalue weighted by molar-refractivity contribution is 0.0893. The van der Waals surface area contributed by atoms with Crippen LogP contribution >= 0.6 is 0 Å². The van der Waals surface area contributed by atoms with Gasteiger partial charge in [-0.3, -0.25) is 9.59 Å². The van der Waals surface area contributed by atoms with E-state index in [4.69, 9.17) is 4.74 Å². The Morgan fingerprint density at radius 3 is 2.12 bits per heavy atom. The third-order valence-electron chi connectivity index (χ3n) is 3.93. The van der Waals surface area contributed by atoms with E-state index in [0.29, 0.717) is 17.9 Å². The van der Waals surface area contributed by atoms with Crippen LogP contribution in [0, 0.1) is 0 Å². The molecule has 0 radical (unpaired) electrons. The topological polar surface area (TPSA) is 63.6 Å². The van der Waals surface area contributed by atoms with Crippen LogP contribution in [0.2, 0.25) is 0 Å². The highest BCUT2D eigenvalue weighted by Gasteiger charge is 2.17. The zero-order valence-electron chi connectivity index (χ0n) is 14.1. The van der Waals surface area contributed by atoms with Crippen molar-refractivity contribution in [2.45, 2.75) is 13.0 Å². The van der Waals surface area contributed by atoms with Gasteiger partial charge in [0.1, 0.15) is 18.1 Å². The number of ketones is 2. The summed E-state index contributed by atoms with van der Waals surface area (Å²) in [6, 6.07) is 22.7. The summed E-state index contributed by atoms with van der Waals surface area (Å²) < 4.78 is 5.62. The molecule has 0 fully saturated rings. The van der Waals surface area contributed by atoms with Crippen LogP contribution in [0.5, 0.6) is 11.5 Å². The minimum atomic E-state index is -0.425. The Labute approximate surface area is 151 Å². The van der Waals surface area contributed by atoms with E-state index in [0.717, 1.165) is 5.56 Å². The molecule has 0 atom stereocenters. The van der Waals surface area contributed by atoms with Gasteiger partial charge in [-0.1, -0.05) is 60.7 Å². The lowest BCUT2D eigenvalue weighted by Gasteiger charge is -2.09. The largest absolute Gasteiger partial charge is 0.507 e. The molecule has 4 heteroatoms. The second-order valence-electron chi connectivity index (χ2n) is 5.84. The molecule has 1 N–H and O–H groups in total. The number of aromatic hydroxyl groups is 1. The van der Waals surface area contributed by atoms with Crippen molar-refractivity contribution < 1.29 is 19.4 Å². The number of ether oxygens (including phenoxy) is 1. The number of phenolic OH excluding ortho intramolecular Hbond substituents is 1. The van der Waals surface area contributed by atoms with Crippen LogP contribution in [0.4, 0.5) is 0 Å². The predicted octanol–water partition coefficient (Wildman–Crippen LogP) is 4.43. The maximum Gasteiger partial charge on any atom is 0.174 e. The maximum absolute atomic E-state index is 12.3. The summed E-state index contributed by atoms with van der Waals surface area (Å²) in [5, 5.41) is 10.1. The SMILES string of the molecule is O=C(CC(=O)c1ccc(OCc2ccccc2)cc1O)c1ccccc1. The van der Waals surface area contributed by atoms with Gasteiger partial charge in [0.15, 0.2) is 11.6 Å². The van der Waals surface area contributed by atoms with Gasteiger partial charge in [0, 0.05) is 11.6 Å². The van der Waals surface area contributed by atoms with Crippen molar-refractivity contribution in [2.75, 3.05) is 0 Å². The molecule has 3 aromatic rings. The molecule has 3 aromatic carbocycles. The Bertz CT molecular complexity index is 902. The fourth-order valence-electron chi connectivity index (χ4n) is 2.55. The number of hydrogen-bond acceptors (Lipinski definition) is 4. The van der Waals surface area contributed by atoms with Gasteiger partial charge in [-0.05, 0) is 17.7 Å². The van der Waals surface area contributed by atoms with Gasteiger partial charge in [-0.2, -0.15) is 0 Å². The van der Waals surface area contributed by atoms with Crippen molar-refractivity contribution in [3.05, 3.63) is 95.6 Å². The van der Waals surface area contributed by atoms with Crippen molar-refractivity contribution in [2.24, 2.45) is 0 Å². The molecule has 26 heavy (non-hydrogen) atoms. The number of hydrogen-bond donors (Lipinski definition) is 1. The highest BCUT2D eigenvalue weighted by molar-refractivity contribution is 6.14. The van der Waals surface area contributed by atoms with E-state index < -0.39 is 5.78 Å². The Kier molecular flexibility index (Phi) is 5.44. The van der Waals surface area contributed by atoms with Gasteiger partial charge < -0.3 is 9.84 Å². The molecule has 0 unspecified atom stereocenters. The average Bonchev–Trinajstić information content (AvgIpc) is 2.68. The van der Waals surface area contributed by atoms with Crippen LogP contribution < -0.4 is 4.74 Å². The van der Waals surface area contributed by atoms with Crippen molar-refractivity contribution in [3.8, 4) is 11.5 Å². The molecule has 0 saturated carbocycles. The summed E-state index contributed by atoms with van der Waals surface area (Å²) in [6.07, 6.45) is -0.290. The summed E-state index contributed by atoms with van der Waals surface area (Å²) in [5.74, 6) is -0.441. The van der Waals surface area contributed by atoms with Gasteiger partial charge in [-0.25, -0.2) is 0 Å². The Morgan fingerprint density at radius 1 is 0.808 bits per heavy atom. The van der Waals surface area contributed by atoms with E-state index in [1.165, 1.54) is 12.1 Å². The fourth-order valence-corrected chi connectivity index (χ4v) is 2.55. The van der Waals surface area contributed by atoms with E-state index in [1.54, 1.807) is 36.4 Å². The maximum atomic E-state index is 12.3. The van der Waals surface area contributed by atoms with Crippen LogP contribution in [0.1, 0.15) is 32.7 Å². The van der Waals surface area contributed by atoms with E-state index in [1.807, 2.05) is 30.3 Å². The molecule has 0 aliphatic rings. The van der Waals surface area contributed by atoms with Gasteiger partial charge >= 0.3 is 0 Å². The molecular formula is C22H18O4. The number of phenols is 1. The normalized spacial score (nSPS) is 10.3. The molecule has 0 amide bonds. The van der Waals surface area contributed by atoms with E-state index >= 15 is 0 Å². The lowest BCUT2D eigenvalue weighted by Crippen LogP contribution is -2.09. The first kappa shape index (κ1) is 17.4. The molecule has 0 spiro atoms. The van der Waals surface area contributed by atoms with Crippen LogP contribution in [0.25, 0.3) is 0 Å². The standard InChI is InChI=1S/C22H18O4/c23-20(17-9-5-2-6-10-17)14-22(25)19-12-11-18(13-21(19)24)26-15-16-7-3-1-4-8-16/h1-13,24H,14-15H2. The minimum absolute atomic E-state index is 0.112. The fraction of sp³-hybridized carbons (Fsp3) is 0.0909. The predicted molar refractivity (Wildman–Crippen MR) is 98.6 cm³/mol. The molecule has 0 aromatic heterocycles. The Hall–Kier alpha value is -3.40. The monoisotopic (exact) mass is 346 g/mol. The van der Waals surface area contributed by atoms with Crippen LogP contribution in [0.3, 0.4) is 0 Å². The third kappa shape index (κ3) is 4.36. The molecule has 0 saturated heterocycles. The highest BCUT2D eigenvalue weighted by atomic mass is 16.5. The van der Waals surface area contributed by atoms with Crippen LogP contribution in [-0.4, -0.2) is 16.7 Å². The number of Topliss-reactive ketones (excluding diaryl/α,β-unsaturated/α-hetero) is 2.